The van der Waals surface area contributed by atoms with E-state index in [0.717, 1.165) is 48.8 Å². The van der Waals surface area contributed by atoms with Crippen molar-refractivity contribution in [3.05, 3.63) is 65.3 Å². The van der Waals surface area contributed by atoms with E-state index in [-0.39, 0.29) is 6.10 Å². The molecule has 0 radical (unpaired) electrons. The maximum Gasteiger partial charge on any atom is 0.139 e. The minimum atomic E-state index is 0.247. The summed E-state index contributed by atoms with van der Waals surface area (Å²) < 4.78 is 13.3. The third-order valence-corrected chi connectivity index (χ3v) is 4.98. The molecule has 1 aromatic carbocycles. The van der Waals surface area contributed by atoms with Gasteiger partial charge in [-0.05, 0) is 38.5 Å². The average Bonchev–Trinajstić information content (AvgIpc) is 3.37. The second-order valence-electron chi connectivity index (χ2n) is 6.83. The Kier molecular flexibility index (Phi) is 4.86. The Morgan fingerprint density at radius 2 is 2.04 bits per heavy atom. The number of rotatable bonds is 6. The van der Waals surface area contributed by atoms with Crippen LogP contribution in [0, 0.1) is 13.8 Å². The number of hydrogen-bond acceptors (Lipinski definition) is 5. The van der Waals surface area contributed by atoms with Crippen molar-refractivity contribution in [2.24, 2.45) is 0 Å². The van der Waals surface area contributed by atoms with Gasteiger partial charge in [-0.25, -0.2) is 4.68 Å². The lowest BCUT2D eigenvalue weighted by Gasteiger charge is -2.17. The monoisotopic (exact) mass is 352 g/mol. The summed E-state index contributed by atoms with van der Waals surface area (Å²) in [5, 5.41) is 8.47. The van der Waals surface area contributed by atoms with Crippen LogP contribution in [0.2, 0.25) is 0 Å². The maximum absolute atomic E-state index is 6.11. The minimum Gasteiger partial charge on any atom is -0.372 e. The smallest absolute Gasteiger partial charge is 0.139 e. The summed E-state index contributed by atoms with van der Waals surface area (Å²) in [7, 11) is 0. The van der Waals surface area contributed by atoms with Crippen molar-refractivity contribution in [1.29, 1.82) is 0 Å². The zero-order chi connectivity index (χ0) is 17.9. The summed E-state index contributed by atoms with van der Waals surface area (Å²) >= 11 is 0. The quantitative estimate of drug-likeness (QED) is 0.681. The molecule has 6 nitrogen and oxygen atoms in total. The van der Waals surface area contributed by atoms with Crippen molar-refractivity contribution < 1.29 is 9.26 Å². The van der Waals surface area contributed by atoms with Crippen LogP contribution in [0.25, 0.3) is 5.69 Å². The molecule has 1 saturated heterocycles. The molecule has 0 spiro atoms. The summed E-state index contributed by atoms with van der Waals surface area (Å²) in [5.74, 6) is 0.851. The number of para-hydroxylation sites is 1. The third kappa shape index (κ3) is 3.57. The summed E-state index contributed by atoms with van der Waals surface area (Å²) in [6.45, 7) is 7.31. The number of benzene rings is 1. The molecule has 3 aromatic rings. The Morgan fingerprint density at radius 3 is 2.81 bits per heavy atom. The lowest BCUT2D eigenvalue weighted by Crippen LogP contribution is -2.24. The molecular formula is C20H24N4O2. The van der Waals surface area contributed by atoms with Gasteiger partial charge in [0.25, 0.3) is 0 Å². The summed E-state index contributed by atoms with van der Waals surface area (Å²) in [6, 6.07) is 12.3. The van der Waals surface area contributed by atoms with Gasteiger partial charge in [0.15, 0.2) is 0 Å². The molecule has 1 aliphatic heterocycles. The van der Waals surface area contributed by atoms with Gasteiger partial charge < -0.3 is 9.26 Å². The first-order chi connectivity index (χ1) is 12.7. The molecule has 1 unspecified atom stereocenters. The molecule has 1 aliphatic rings. The normalized spacial score (nSPS) is 17.8. The lowest BCUT2D eigenvalue weighted by atomic mass is 10.2. The van der Waals surface area contributed by atoms with Gasteiger partial charge in [-0.2, -0.15) is 5.10 Å². The van der Waals surface area contributed by atoms with Crippen LogP contribution in [0.5, 0.6) is 0 Å². The standard InChI is InChI=1S/C20H24N4O2/c1-15-20(16(2)26-22-15)14-25-19-9-11-23(13-19)12-18-8-10-21-24(18)17-6-4-3-5-7-17/h3-8,10,19H,9,11-14H2,1-2H3. The van der Waals surface area contributed by atoms with Gasteiger partial charge in [-0.15, -0.1) is 0 Å². The number of likely N-dealkylation sites (tertiary alicyclic amines) is 1. The Labute approximate surface area is 153 Å². The highest BCUT2D eigenvalue weighted by Crippen LogP contribution is 2.20. The molecule has 4 rings (SSSR count). The van der Waals surface area contributed by atoms with Crippen molar-refractivity contribution in [1.82, 2.24) is 19.8 Å². The second kappa shape index (κ2) is 7.43. The first-order valence-corrected chi connectivity index (χ1v) is 9.05. The second-order valence-corrected chi connectivity index (χ2v) is 6.83. The lowest BCUT2D eigenvalue weighted by molar-refractivity contribution is 0.0452. The summed E-state index contributed by atoms with van der Waals surface area (Å²) in [5.41, 5.74) is 4.29. The van der Waals surface area contributed by atoms with E-state index in [4.69, 9.17) is 9.26 Å². The van der Waals surface area contributed by atoms with Gasteiger partial charge >= 0.3 is 0 Å². The molecule has 0 bridgehead atoms. The summed E-state index contributed by atoms with van der Waals surface area (Å²) in [6.07, 6.45) is 3.16. The summed E-state index contributed by atoms with van der Waals surface area (Å²) in [4.78, 5) is 2.43. The Morgan fingerprint density at radius 1 is 1.19 bits per heavy atom. The SMILES string of the molecule is Cc1noc(C)c1COC1CCN(Cc2ccnn2-c2ccccc2)C1. The van der Waals surface area contributed by atoms with Gasteiger partial charge in [0.1, 0.15) is 5.76 Å². The zero-order valence-corrected chi connectivity index (χ0v) is 15.3. The van der Waals surface area contributed by atoms with E-state index in [9.17, 15) is 0 Å². The van der Waals surface area contributed by atoms with Crippen molar-refractivity contribution >= 4 is 0 Å². The van der Waals surface area contributed by atoms with Crippen LogP contribution in [0.4, 0.5) is 0 Å². The Balaban J connectivity index is 1.35. The van der Waals surface area contributed by atoms with Crippen molar-refractivity contribution in [2.45, 2.75) is 39.5 Å². The number of ether oxygens (including phenoxy) is 1. The fourth-order valence-electron chi connectivity index (χ4n) is 3.47. The van der Waals surface area contributed by atoms with Crippen molar-refractivity contribution in [2.75, 3.05) is 13.1 Å². The van der Waals surface area contributed by atoms with Gasteiger partial charge in [-0.1, -0.05) is 23.4 Å². The Hall–Kier alpha value is -2.44. The molecule has 0 aliphatic carbocycles. The minimum absolute atomic E-state index is 0.247. The van der Waals surface area contributed by atoms with E-state index >= 15 is 0 Å². The van der Waals surface area contributed by atoms with Crippen LogP contribution in [0.3, 0.4) is 0 Å². The van der Waals surface area contributed by atoms with Crippen molar-refractivity contribution in [3.63, 3.8) is 0 Å². The van der Waals surface area contributed by atoms with Crippen LogP contribution in [-0.4, -0.2) is 39.0 Å². The van der Waals surface area contributed by atoms with E-state index in [2.05, 4.69) is 33.4 Å². The van der Waals surface area contributed by atoms with E-state index in [1.165, 1.54) is 5.69 Å². The highest BCUT2D eigenvalue weighted by atomic mass is 16.5. The first kappa shape index (κ1) is 17.0. The van der Waals surface area contributed by atoms with Crippen LogP contribution in [-0.2, 0) is 17.9 Å². The molecular weight excluding hydrogens is 328 g/mol. The molecule has 136 valence electrons. The third-order valence-electron chi connectivity index (χ3n) is 4.98. The molecule has 2 aromatic heterocycles. The zero-order valence-electron chi connectivity index (χ0n) is 15.3. The van der Waals surface area contributed by atoms with Crippen LogP contribution in [0.1, 0.15) is 29.1 Å². The molecule has 0 amide bonds. The molecule has 3 heterocycles. The molecule has 0 N–H and O–H groups in total. The predicted molar refractivity (Wildman–Crippen MR) is 98.0 cm³/mol. The van der Waals surface area contributed by atoms with Gasteiger partial charge in [0.2, 0.25) is 0 Å². The molecule has 0 saturated carbocycles. The van der Waals surface area contributed by atoms with Crippen LogP contribution >= 0.6 is 0 Å². The van der Waals surface area contributed by atoms with Crippen LogP contribution in [0.15, 0.2) is 47.1 Å². The number of hydrogen-bond donors (Lipinski definition) is 0. The van der Waals surface area contributed by atoms with E-state index in [1.54, 1.807) is 0 Å². The first-order valence-electron chi connectivity index (χ1n) is 9.05. The number of aromatic nitrogens is 3. The maximum atomic E-state index is 6.11. The predicted octanol–water partition coefficient (Wildman–Crippen LogP) is 3.27. The average molecular weight is 352 g/mol. The van der Waals surface area contributed by atoms with Gasteiger partial charge in [0, 0.05) is 31.4 Å². The number of aryl methyl sites for hydroxylation is 2. The fourth-order valence-corrected chi connectivity index (χ4v) is 3.47. The van der Waals surface area contributed by atoms with E-state index in [0.29, 0.717) is 6.61 Å². The molecule has 6 heteroatoms. The number of nitrogens with zero attached hydrogens (tertiary/aromatic N) is 4. The van der Waals surface area contributed by atoms with Gasteiger partial charge in [0.05, 0.1) is 29.8 Å². The highest BCUT2D eigenvalue weighted by molar-refractivity contribution is 5.32. The molecule has 1 atom stereocenters. The van der Waals surface area contributed by atoms with Crippen LogP contribution < -0.4 is 0 Å². The van der Waals surface area contributed by atoms with Gasteiger partial charge in [-0.3, -0.25) is 4.90 Å². The Bertz CT molecular complexity index is 836. The van der Waals surface area contributed by atoms with E-state index in [1.807, 2.05) is 42.9 Å². The molecule has 26 heavy (non-hydrogen) atoms. The fraction of sp³-hybridized carbons (Fsp3) is 0.400. The molecule has 1 fully saturated rings. The highest BCUT2D eigenvalue weighted by Gasteiger charge is 2.25. The topological polar surface area (TPSA) is 56.3 Å². The van der Waals surface area contributed by atoms with E-state index < -0.39 is 0 Å². The van der Waals surface area contributed by atoms with Crippen molar-refractivity contribution in [3.8, 4) is 5.69 Å². The largest absolute Gasteiger partial charge is 0.372 e.